The maximum Gasteiger partial charge on any atom is 0.258 e. The Kier molecular flexibility index (Phi) is 5.97. The van der Waals surface area contributed by atoms with Gasteiger partial charge in [0.2, 0.25) is 0 Å². The van der Waals surface area contributed by atoms with Crippen LogP contribution in [0.2, 0.25) is 5.15 Å². The standard InChI is InChI=1S/C20H23ClN4OS/c1-5-17-22-16(12-27-17)11-24(4)20(26)18-14(3)23-25(19(18)21)10-15-8-6-13(2)7-9-15/h6-9,12H,5,10-11H2,1-4H3. The second-order valence-corrected chi connectivity index (χ2v) is 7.94. The molecule has 0 aliphatic carbocycles. The predicted molar refractivity (Wildman–Crippen MR) is 110 cm³/mol. The molecule has 0 saturated carbocycles. The van der Waals surface area contributed by atoms with Crippen LogP contribution in [0.4, 0.5) is 0 Å². The van der Waals surface area contributed by atoms with E-state index in [1.165, 1.54) is 5.56 Å². The van der Waals surface area contributed by atoms with Crippen molar-refractivity contribution in [2.45, 2.75) is 40.3 Å². The summed E-state index contributed by atoms with van der Waals surface area (Å²) in [7, 11) is 1.76. The van der Waals surface area contributed by atoms with Gasteiger partial charge in [0.15, 0.2) is 0 Å². The van der Waals surface area contributed by atoms with Crippen LogP contribution in [0.5, 0.6) is 0 Å². The van der Waals surface area contributed by atoms with E-state index in [1.54, 1.807) is 28.0 Å². The highest BCUT2D eigenvalue weighted by Gasteiger charge is 2.23. The molecule has 0 fully saturated rings. The van der Waals surface area contributed by atoms with Crippen molar-refractivity contribution in [3.63, 3.8) is 0 Å². The number of thiazole rings is 1. The molecule has 0 saturated heterocycles. The number of halogens is 1. The summed E-state index contributed by atoms with van der Waals surface area (Å²) in [6.07, 6.45) is 0.902. The molecular formula is C20H23ClN4OS. The molecule has 0 unspecified atom stereocenters. The fraction of sp³-hybridized carbons (Fsp3) is 0.350. The Balaban J connectivity index is 1.78. The summed E-state index contributed by atoms with van der Waals surface area (Å²) in [5.74, 6) is -0.140. The lowest BCUT2D eigenvalue weighted by Gasteiger charge is -2.15. The third-order valence-corrected chi connectivity index (χ3v) is 5.81. The SMILES string of the molecule is CCc1nc(CN(C)C(=O)c2c(C)nn(Cc3ccc(C)cc3)c2Cl)cs1. The molecule has 3 aromatic rings. The smallest absolute Gasteiger partial charge is 0.258 e. The van der Waals surface area contributed by atoms with Crippen LogP contribution < -0.4 is 0 Å². The Morgan fingerprint density at radius 2 is 1.96 bits per heavy atom. The van der Waals surface area contributed by atoms with Crippen molar-refractivity contribution in [3.05, 3.63) is 67.9 Å². The third-order valence-electron chi connectivity index (χ3n) is 4.38. The minimum atomic E-state index is -0.140. The van der Waals surface area contributed by atoms with Gasteiger partial charge in [0, 0.05) is 12.4 Å². The molecule has 5 nitrogen and oxygen atoms in total. The number of hydrogen-bond donors (Lipinski definition) is 0. The molecule has 0 radical (unpaired) electrons. The lowest BCUT2D eigenvalue weighted by molar-refractivity contribution is 0.0783. The first-order valence-electron chi connectivity index (χ1n) is 8.86. The summed E-state index contributed by atoms with van der Waals surface area (Å²) in [6.45, 7) is 6.92. The molecule has 27 heavy (non-hydrogen) atoms. The van der Waals surface area contributed by atoms with E-state index >= 15 is 0 Å². The summed E-state index contributed by atoms with van der Waals surface area (Å²) in [6, 6.07) is 8.20. The van der Waals surface area contributed by atoms with Crippen LogP contribution in [0.15, 0.2) is 29.6 Å². The van der Waals surface area contributed by atoms with Gasteiger partial charge < -0.3 is 4.90 Å². The Bertz CT molecular complexity index is 946. The molecule has 2 heterocycles. The molecule has 142 valence electrons. The topological polar surface area (TPSA) is 51.0 Å². The molecule has 0 aliphatic heterocycles. The predicted octanol–water partition coefficient (Wildman–Crippen LogP) is 4.49. The van der Waals surface area contributed by atoms with Crippen LogP contribution in [0.25, 0.3) is 0 Å². The second kappa shape index (κ2) is 8.23. The molecule has 0 aliphatic rings. The average Bonchev–Trinajstić information content (AvgIpc) is 3.20. The zero-order valence-corrected chi connectivity index (χ0v) is 17.6. The van der Waals surface area contributed by atoms with Gasteiger partial charge in [0.1, 0.15) is 5.15 Å². The molecule has 1 amide bonds. The van der Waals surface area contributed by atoms with E-state index < -0.39 is 0 Å². The third kappa shape index (κ3) is 4.39. The first kappa shape index (κ1) is 19.6. The summed E-state index contributed by atoms with van der Waals surface area (Å²) in [5, 5.41) is 7.92. The van der Waals surface area contributed by atoms with E-state index in [1.807, 2.05) is 31.4 Å². The summed E-state index contributed by atoms with van der Waals surface area (Å²) in [4.78, 5) is 19.1. The molecule has 0 bridgehead atoms. The molecule has 1 aromatic carbocycles. The van der Waals surface area contributed by atoms with Crippen molar-refractivity contribution in [2.24, 2.45) is 0 Å². The first-order valence-corrected chi connectivity index (χ1v) is 10.1. The molecule has 0 atom stereocenters. The quantitative estimate of drug-likeness (QED) is 0.610. The van der Waals surface area contributed by atoms with Gasteiger partial charge in [0.05, 0.1) is 35.0 Å². The van der Waals surface area contributed by atoms with Gasteiger partial charge in [-0.15, -0.1) is 11.3 Å². The summed E-state index contributed by atoms with van der Waals surface area (Å²) >= 11 is 8.14. The summed E-state index contributed by atoms with van der Waals surface area (Å²) < 4.78 is 1.68. The molecule has 3 rings (SSSR count). The zero-order chi connectivity index (χ0) is 19.6. The van der Waals surface area contributed by atoms with Crippen molar-refractivity contribution < 1.29 is 4.79 Å². The molecule has 2 aromatic heterocycles. The number of nitrogens with zero attached hydrogens (tertiary/aromatic N) is 4. The van der Waals surface area contributed by atoms with Crippen molar-refractivity contribution in [3.8, 4) is 0 Å². The van der Waals surface area contributed by atoms with Gasteiger partial charge >= 0.3 is 0 Å². The number of aromatic nitrogens is 3. The highest BCUT2D eigenvalue weighted by atomic mass is 35.5. The normalized spacial score (nSPS) is 11.0. The highest BCUT2D eigenvalue weighted by Crippen LogP contribution is 2.23. The largest absolute Gasteiger partial charge is 0.336 e. The minimum Gasteiger partial charge on any atom is -0.336 e. The van der Waals surface area contributed by atoms with Crippen LogP contribution >= 0.6 is 22.9 Å². The Hall–Kier alpha value is -2.18. The highest BCUT2D eigenvalue weighted by molar-refractivity contribution is 7.09. The van der Waals surface area contributed by atoms with Crippen LogP contribution in [-0.4, -0.2) is 32.6 Å². The number of carbonyl (C=O) groups excluding carboxylic acids is 1. The van der Waals surface area contributed by atoms with Gasteiger partial charge in [-0.25, -0.2) is 9.67 Å². The number of carbonyl (C=O) groups is 1. The zero-order valence-electron chi connectivity index (χ0n) is 16.0. The fourth-order valence-electron chi connectivity index (χ4n) is 2.86. The lowest BCUT2D eigenvalue weighted by atomic mass is 10.1. The van der Waals surface area contributed by atoms with Crippen LogP contribution in [0.1, 0.15) is 44.8 Å². The average molecular weight is 403 g/mol. The van der Waals surface area contributed by atoms with Crippen LogP contribution in [0, 0.1) is 13.8 Å². The Morgan fingerprint density at radius 3 is 2.59 bits per heavy atom. The number of amides is 1. The van der Waals surface area contributed by atoms with Gasteiger partial charge in [0.25, 0.3) is 5.91 Å². The van der Waals surface area contributed by atoms with Crippen LogP contribution in [0.3, 0.4) is 0 Å². The van der Waals surface area contributed by atoms with Gasteiger partial charge in [-0.05, 0) is 25.8 Å². The number of aryl methyl sites for hydroxylation is 3. The van der Waals surface area contributed by atoms with Gasteiger partial charge in [-0.1, -0.05) is 48.4 Å². The van der Waals surface area contributed by atoms with E-state index in [0.29, 0.717) is 29.5 Å². The molecule has 0 N–H and O–H groups in total. The number of hydrogen-bond acceptors (Lipinski definition) is 4. The van der Waals surface area contributed by atoms with E-state index in [0.717, 1.165) is 22.7 Å². The van der Waals surface area contributed by atoms with E-state index in [4.69, 9.17) is 11.6 Å². The van der Waals surface area contributed by atoms with Crippen LogP contribution in [-0.2, 0) is 19.5 Å². The van der Waals surface area contributed by atoms with Crippen molar-refractivity contribution in [1.82, 2.24) is 19.7 Å². The van der Waals surface area contributed by atoms with E-state index in [9.17, 15) is 4.79 Å². The van der Waals surface area contributed by atoms with Crippen molar-refractivity contribution in [1.29, 1.82) is 0 Å². The fourth-order valence-corrected chi connectivity index (χ4v) is 3.91. The van der Waals surface area contributed by atoms with Gasteiger partial charge in [-0.3, -0.25) is 4.79 Å². The van der Waals surface area contributed by atoms with E-state index in [2.05, 4.69) is 29.1 Å². The minimum absolute atomic E-state index is 0.140. The lowest BCUT2D eigenvalue weighted by Crippen LogP contribution is -2.27. The van der Waals surface area contributed by atoms with E-state index in [-0.39, 0.29) is 5.91 Å². The monoisotopic (exact) mass is 402 g/mol. The van der Waals surface area contributed by atoms with Crippen molar-refractivity contribution >= 4 is 28.8 Å². The molecular weight excluding hydrogens is 380 g/mol. The van der Waals surface area contributed by atoms with Crippen molar-refractivity contribution in [2.75, 3.05) is 7.05 Å². The Labute approximate surface area is 168 Å². The first-order chi connectivity index (χ1) is 12.9. The Morgan fingerprint density at radius 1 is 1.26 bits per heavy atom. The maximum absolute atomic E-state index is 12.9. The van der Waals surface area contributed by atoms with Gasteiger partial charge in [-0.2, -0.15) is 5.10 Å². The number of rotatable bonds is 6. The number of benzene rings is 1. The molecule has 7 heteroatoms. The summed E-state index contributed by atoms with van der Waals surface area (Å²) in [5.41, 5.74) is 4.28. The second-order valence-electron chi connectivity index (χ2n) is 6.64. The molecule has 0 spiro atoms. The maximum atomic E-state index is 12.9.